The van der Waals surface area contributed by atoms with Crippen molar-refractivity contribution in [3.8, 4) is 17.0 Å². The maximum Gasteiger partial charge on any atom is 0.168 e. The Morgan fingerprint density at radius 2 is 2.12 bits per heavy atom. The van der Waals surface area contributed by atoms with Crippen LogP contribution in [0.3, 0.4) is 0 Å². The van der Waals surface area contributed by atoms with Crippen molar-refractivity contribution in [1.29, 1.82) is 0 Å². The van der Waals surface area contributed by atoms with Gasteiger partial charge in [0, 0.05) is 12.6 Å². The Hall–Kier alpha value is -1.62. The molecule has 5 heteroatoms. The Bertz CT molecular complexity index is 484. The van der Waals surface area contributed by atoms with E-state index in [1.807, 2.05) is 31.3 Å². The van der Waals surface area contributed by atoms with Gasteiger partial charge in [0.1, 0.15) is 11.4 Å². The molecule has 1 aromatic carbocycles. The minimum absolute atomic E-state index is 0.712. The summed E-state index contributed by atoms with van der Waals surface area (Å²) in [6.45, 7) is 2.80. The summed E-state index contributed by atoms with van der Waals surface area (Å²) in [6, 6.07) is 7.91. The first-order valence-electron chi connectivity index (χ1n) is 5.59. The van der Waals surface area contributed by atoms with Gasteiger partial charge >= 0.3 is 0 Å². The Morgan fingerprint density at radius 3 is 2.88 bits per heavy atom. The van der Waals surface area contributed by atoms with Gasteiger partial charge in [-0.25, -0.2) is 0 Å². The molecule has 2 aromatic rings. The van der Waals surface area contributed by atoms with Gasteiger partial charge in [-0.2, -0.15) is 8.75 Å². The number of hydrogen-bond acceptors (Lipinski definition) is 5. The fourth-order valence-electron chi connectivity index (χ4n) is 1.53. The number of benzene rings is 1. The van der Waals surface area contributed by atoms with E-state index in [-0.39, 0.29) is 0 Å². The van der Waals surface area contributed by atoms with Crippen LogP contribution in [-0.2, 0) is 0 Å². The van der Waals surface area contributed by atoms with Gasteiger partial charge in [0.25, 0.3) is 0 Å². The fraction of sp³-hybridized carbons (Fsp3) is 0.333. The van der Waals surface area contributed by atoms with E-state index >= 15 is 0 Å². The summed E-state index contributed by atoms with van der Waals surface area (Å²) in [5.74, 6) is 1.65. The SMILES string of the molecule is CCCOc1ccccc1-c1nsnc1NC. The topological polar surface area (TPSA) is 47.0 Å². The summed E-state index contributed by atoms with van der Waals surface area (Å²) in [7, 11) is 1.84. The monoisotopic (exact) mass is 249 g/mol. The zero-order chi connectivity index (χ0) is 12.1. The molecular formula is C12H15N3OS. The largest absolute Gasteiger partial charge is 0.493 e. The molecule has 0 saturated heterocycles. The number of ether oxygens (including phenoxy) is 1. The minimum Gasteiger partial charge on any atom is -0.493 e. The summed E-state index contributed by atoms with van der Waals surface area (Å²) < 4.78 is 14.2. The summed E-state index contributed by atoms with van der Waals surface area (Å²) in [5.41, 5.74) is 1.84. The highest BCUT2D eigenvalue weighted by molar-refractivity contribution is 6.99. The average molecular weight is 249 g/mol. The minimum atomic E-state index is 0.712. The van der Waals surface area contributed by atoms with E-state index in [0.29, 0.717) is 6.61 Å². The van der Waals surface area contributed by atoms with Crippen molar-refractivity contribution in [2.75, 3.05) is 19.0 Å². The maximum atomic E-state index is 5.72. The molecule has 90 valence electrons. The van der Waals surface area contributed by atoms with Crippen LogP contribution in [-0.4, -0.2) is 22.4 Å². The standard InChI is InChI=1S/C12H15N3OS/c1-3-8-16-10-7-5-4-6-9(10)11-12(13-2)15-17-14-11/h4-7H,3,8H2,1-2H3,(H,13,15). The van der Waals surface area contributed by atoms with E-state index in [1.54, 1.807) is 0 Å². The van der Waals surface area contributed by atoms with Crippen LogP contribution in [0.25, 0.3) is 11.3 Å². The lowest BCUT2D eigenvalue weighted by atomic mass is 10.1. The number of nitrogens with one attached hydrogen (secondary N) is 1. The van der Waals surface area contributed by atoms with Gasteiger partial charge in [-0.3, -0.25) is 0 Å². The third-order valence-electron chi connectivity index (χ3n) is 2.33. The molecule has 0 fully saturated rings. The third kappa shape index (κ3) is 2.55. The molecule has 0 bridgehead atoms. The van der Waals surface area contributed by atoms with Gasteiger partial charge in [-0.15, -0.1) is 0 Å². The van der Waals surface area contributed by atoms with Crippen molar-refractivity contribution in [3.63, 3.8) is 0 Å². The van der Waals surface area contributed by atoms with Crippen molar-refractivity contribution in [3.05, 3.63) is 24.3 Å². The van der Waals surface area contributed by atoms with Gasteiger partial charge in [-0.05, 0) is 18.6 Å². The van der Waals surface area contributed by atoms with Crippen LogP contribution in [0.4, 0.5) is 5.82 Å². The van der Waals surface area contributed by atoms with Crippen molar-refractivity contribution in [1.82, 2.24) is 8.75 Å². The second-order valence-electron chi connectivity index (χ2n) is 3.56. The Morgan fingerprint density at radius 1 is 1.29 bits per heavy atom. The van der Waals surface area contributed by atoms with E-state index in [0.717, 1.165) is 29.2 Å². The van der Waals surface area contributed by atoms with Crippen LogP contribution in [0, 0.1) is 0 Å². The third-order valence-corrected chi connectivity index (χ3v) is 2.86. The highest BCUT2D eigenvalue weighted by Crippen LogP contribution is 2.33. The Kier molecular flexibility index (Phi) is 3.93. The Labute approximate surface area is 105 Å². The molecule has 0 unspecified atom stereocenters. The summed E-state index contributed by atoms with van der Waals surface area (Å²) >= 11 is 1.20. The van der Waals surface area contributed by atoms with Gasteiger partial charge in [0.05, 0.1) is 18.3 Å². The molecule has 4 nitrogen and oxygen atoms in total. The lowest BCUT2D eigenvalue weighted by molar-refractivity contribution is 0.318. The number of hydrogen-bond donors (Lipinski definition) is 1. The molecule has 0 radical (unpaired) electrons. The van der Waals surface area contributed by atoms with Crippen LogP contribution in [0.15, 0.2) is 24.3 Å². The van der Waals surface area contributed by atoms with Crippen LogP contribution >= 0.6 is 11.7 Å². The van der Waals surface area contributed by atoms with E-state index in [4.69, 9.17) is 4.74 Å². The molecule has 1 aromatic heterocycles. The van der Waals surface area contributed by atoms with Crippen LogP contribution in [0.2, 0.25) is 0 Å². The molecule has 0 saturated carbocycles. The van der Waals surface area contributed by atoms with Crippen molar-refractivity contribution in [2.24, 2.45) is 0 Å². The smallest absolute Gasteiger partial charge is 0.168 e. The molecular weight excluding hydrogens is 234 g/mol. The maximum absolute atomic E-state index is 5.72. The Balaban J connectivity index is 2.37. The van der Waals surface area contributed by atoms with Crippen molar-refractivity contribution in [2.45, 2.75) is 13.3 Å². The number of para-hydroxylation sites is 1. The van der Waals surface area contributed by atoms with Gasteiger partial charge < -0.3 is 10.1 Å². The predicted molar refractivity (Wildman–Crippen MR) is 70.7 cm³/mol. The van der Waals surface area contributed by atoms with Crippen LogP contribution in [0.1, 0.15) is 13.3 Å². The molecule has 1 N–H and O–H groups in total. The van der Waals surface area contributed by atoms with Gasteiger partial charge in [0.15, 0.2) is 5.82 Å². The molecule has 0 aliphatic rings. The first-order chi connectivity index (χ1) is 8.36. The highest BCUT2D eigenvalue weighted by atomic mass is 32.1. The van der Waals surface area contributed by atoms with Crippen molar-refractivity contribution < 1.29 is 4.74 Å². The van der Waals surface area contributed by atoms with E-state index < -0.39 is 0 Å². The average Bonchev–Trinajstić information content (AvgIpc) is 2.84. The first-order valence-corrected chi connectivity index (χ1v) is 6.32. The lowest BCUT2D eigenvalue weighted by Crippen LogP contribution is -1.98. The molecule has 2 rings (SSSR count). The van der Waals surface area contributed by atoms with E-state index in [1.165, 1.54) is 11.7 Å². The first kappa shape index (κ1) is 11.9. The van der Waals surface area contributed by atoms with E-state index in [2.05, 4.69) is 21.0 Å². The summed E-state index contributed by atoms with van der Waals surface area (Å²) in [4.78, 5) is 0. The molecule has 0 aliphatic heterocycles. The zero-order valence-electron chi connectivity index (χ0n) is 9.93. The van der Waals surface area contributed by atoms with Crippen molar-refractivity contribution >= 4 is 17.5 Å². The normalized spacial score (nSPS) is 10.2. The highest BCUT2D eigenvalue weighted by Gasteiger charge is 2.13. The number of nitrogens with zero attached hydrogens (tertiary/aromatic N) is 2. The quantitative estimate of drug-likeness (QED) is 0.884. The second kappa shape index (κ2) is 5.63. The van der Waals surface area contributed by atoms with Gasteiger partial charge in [0.2, 0.25) is 0 Å². The second-order valence-corrected chi connectivity index (χ2v) is 4.08. The molecule has 0 aliphatic carbocycles. The number of aromatic nitrogens is 2. The van der Waals surface area contributed by atoms with E-state index in [9.17, 15) is 0 Å². The molecule has 0 amide bonds. The molecule has 1 heterocycles. The molecule has 0 spiro atoms. The fourth-order valence-corrected chi connectivity index (χ4v) is 2.10. The van der Waals surface area contributed by atoms with Gasteiger partial charge in [-0.1, -0.05) is 19.1 Å². The molecule has 17 heavy (non-hydrogen) atoms. The zero-order valence-corrected chi connectivity index (χ0v) is 10.8. The van der Waals surface area contributed by atoms with Crippen LogP contribution < -0.4 is 10.1 Å². The summed E-state index contributed by atoms with van der Waals surface area (Å²) in [5, 5.41) is 3.04. The number of anilines is 1. The summed E-state index contributed by atoms with van der Waals surface area (Å²) in [6.07, 6.45) is 0.989. The van der Waals surface area contributed by atoms with Crippen LogP contribution in [0.5, 0.6) is 5.75 Å². The number of rotatable bonds is 5. The predicted octanol–water partition coefficient (Wildman–Crippen LogP) is 3.04. The molecule has 0 atom stereocenters. The lowest BCUT2D eigenvalue weighted by Gasteiger charge is -2.09.